The highest BCUT2D eigenvalue weighted by Crippen LogP contribution is 2.22. The summed E-state index contributed by atoms with van der Waals surface area (Å²) in [5, 5.41) is 13.3. The number of esters is 1. The number of nitrogens with one attached hydrogen (secondary N) is 2. The van der Waals surface area contributed by atoms with Gasteiger partial charge in [-0.2, -0.15) is 0 Å². The van der Waals surface area contributed by atoms with E-state index in [-0.39, 0.29) is 0 Å². The third kappa shape index (κ3) is 6.08. The van der Waals surface area contributed by atoms with E-state index in [0.717, 1.165) is 18.6 Å². The lowest BCUT2D eigenvalue weighted by atomic mass is 10.1. The molecule has 0 bridgehead atoms. The normalized spacial score (nSPS) is 12.2. The minimum Gasteiger partial charge on any atom is -0.467 e. The van der Waals surface area contributed by atoms with Crippen LogP contribution in [0.5, 0.6) is 0 Å². The van der Waals surface area contributed by atoms with Gasteiger partial charge in [0.1, 0.15) is 6.04 Å². The molecule has 1 unspecified atom stereocenters. The van der Waals surface area contributed by atoms with E-state index in [0.29, 0.717) is 12.8 Å². The molecule has 26 heavy (non-hydrogen) atoms. The fourth-order valence-electron chi connectivity index (χ4n) is 2.12. The van der Waals surface area contributed by atoms with E-state index in [1.165, 1.54) is 19.2 Å². The fraction of sp³-hybridized carbons (Fsp3) is 0.467. The molecule has 0 aliphatic rings. The van der Waals surface area contributed by atoms with Crippen LogP contribution < -0.4 is 10.0 Å². The topological polar surface area (TPSA) is 145 Å². The number of carbonyl (C=O) groups excluding carboxylic acids is 2. The number of methoxy groups -OCH3 is 1. The summed E-state index contributed by atoms with van der Waals surface area (Å²) in [5.74, 6) is -1.38. The molecule has 0 heterocycles. The maximum absolute atomic E-state index is 12.2. The average molecular weight is 387 g/mol. The number of hydrogen-bond donors (Lipinski definition) is 2. The molecule has 0 fully saturated rings. The minimum atomic E-state index is -4.28. The number of benzene rings is 1. The number of ether oxygens (including phenoxy) is 1. The molecule has 10 nitrogen and oxygen atoms in total. The summed E-state index contributed by atoms with van der Waals surface area (Å²) < 4.78 is 31.0. The van der Waals surface area contributed by atoms with Crippen molar-refractivity contribution in [2.75, 3.05) is 13.7 Å². The summed E-state index contributed by atoms with van der Waals surface area (Å²) in [4.78, 5) is 33.2. The first-order chi connectivity index (χ1) is 12.2. The van der Waals surface area contributed by atoms with Gasteiger partial charge < -0.3 is 10.1 Å². The number of carbonyl (C=O) groups is 2. The van der Waals surface area contributed by atoms with Crippen LogP contribution in [0.1, 0.15) is 26.2 Å². The van der Waals surface area contributed by atoms with Crippen molar-refractivity contribution in [3.63, 3.8) is 0 Å². The zero-order valence-corrected chi connectivity index (χ0v) is 15.2. The quantitative estimate of drug-likeness (QED) is 0.342. The van der Waals surface area contributed by atoms with Crippen LogP contribution in [0.4, 0.5) is 5.69 Å². The van der Waals surface area contributed by atoms with Gasteiger partial charge in [0.15, 0.2) is 4.90 Å². The monoisotopic (exact) mass is 387 g/mol. The lowest BCUT2D eigenvalue weighted by Crippen LogP contribution is -2.46. The number of para-hydroxylation sites is 1. The van der Waals surface area contributed by atoms with Crippen LogP contribution >= 0.6 is 0 Å². The first-order valence-electron chi connectivity index (χ1n) is 7.83. The van der Waals surface area contributed by atoms with Crippen LogP contribution in [0, 0.1) is 10.1 Å². The van der Waals surface area contributed by atoms with Gasteiger partial charge in [0.25, 0.3) is 5.69 Å². The highest BCUT2D eigenvalue weighted by molar-refractivity contribution is 7.89. The van der Waals surface area contributed by atoms with Crippen molar-refractivity contribution < 1.29 is 27.7 Å². The first-order valence-corrected chi connectivity index (χ1v) is 9.31. The van der Waals surface area contributed by atoms with Crippen molar-refractivity contribution in [2.24, 2.45) is 0 Å². The van der Waals surface area contributed by atoms with Crippen molar-refractivity contribution in [3.8, 4) is 0 Å². The summed E-state index contributed by atoms with van der Waals surface area (Å²) in [5.41, 5.74) is -0.601. The fourth-order valence-corrected chi connectivity index (χ4v) is 3.27. The second kappa shape index (κ2) is 9.82. The zero-order chi connectivity index (χ0) is 19.7. The number of rotatable bonds is 10. The molecule has 0 aromatic heterocycles. The molecular weight excluding hydrogens is 366 g/mol. The van der Waals surface area contributed by atoms with Gasteiger partial charge in [0.05, 0.1) is 18.6 Å². The molecule has 2 N–H and O–H groups in total. The van der Waals surface area contributed by atoms with Gasteiger partial charge >= 0.3 is 5.97 Å². The largest absolute Gasteiger partial charge is 0.467 e. The van der Waals surface area contributed by atoms with E-state index >= 15 is 0 Å². The first kappa shape index (κ1) is 21.5. The third-order valence-electron chi connectivity index (χ3n) is 3.44. The standard InChI is InChI=1S/C15H21N3O7S/c1-3-4-7-11(15(20)25-2)17-14(19)10-16-26(23,24)13-9-6-5-8-12(13)18(21)22/h5-6,8-9,11,16H,3-4,7,10H2,1-2H3,(H,17,19). The molecule has 0 aliphatic carbocycles. The Hall–Kier alpha value is -2.53. The predicted octanol–water partition coefficient (Wildman–Crippen LogP) is 0.721. The van der Waals surface area contributed by atoms with Gasteiger partial charge in [-0.05, 0) is 12.5 Å². The molecule has 0 spiro atoms. The summed E-state index contributed by atoms with van der Waals surface area (Å²) in [6, 6.07) is 3.89. The molecule has 0 aliphatic heterocycles. The molecule has 144 valence electrons. The van der Waals surface area contributed by atoms with Crippen LogP contribution in [0.25, 0.3) is 0 Å². The molecule has 0 saturated carbocycles. The molecule has 1 rings (SSSR count). The lowest BCUT2D eigenvalue weighted by Gasteiger charge is -2.16. The SMILES string of the molecule is CCCCC(NC(=O)CNS(=O)(=O)c1ccccc1[N+](=O)[O-])C(=O)OC. The van der Waals surface area contributed by atoms with Gasteiger partial charge in [-0.15, -0.1) is 0 Å². The van der Waals surface area contributed by atoms with Crippen LogP contribution in [0.15, 0.2) is 29.2 Å². The summed E-state index contributed by atoms with van der Waals surface area (Å²) >= 11 is 0. The maximum atomic E-state index is 12.2. The Bertz CT molecular complexity index is 764. The highest BCUT2D eigenvalue weighted by atomic mass is 32.2. The van der Waals surface area contributed by atoms with E-state index in [2.05, 4.69) is 10.1 Å². The van der Waals surface area contributed by atoms with Gasteiger partial charge in [-0.3, -0.25) is 14.9 Å². The Kier molecular flexibility index (Phi) is 8.13. The number of nitrogens with zero attached hydrogens (tertiary/aromatic N) is 1. The maximum Gasteiger partial charge on any atom is 0.328 e. The molecular formula is C15H21N3O7S. The number of sulfonamides is 1. The van der Waals surface area contributed by atoms with Gasteiger partial charge in [-0.25, -0.2) is 17.9 Å². The van der Waals surface area contributed by atoms with Crippen molar-refractivity contribution in [1.82, 2.24) is 10.0 Å². The summed E-state index contributed by atoms with van der Waals surface area (Å²) in [6.45, 7) is 1.24. The Labute approximate surface area is 151 Å². The highest BCUT2D eigenvalue weighted by Gasteiger charge is 2.26. The second-order valence-electron chi connectivity index (χ2n) is 5.33. The summed E-state index contributed by atoms with van der Waals surface area (Å²) in [6.07, 6.45) is 1.82. The van der Waals surface area contributed by atoms with Gasteiger partial charge in [-0.1, -0.05) is 31.9 Å². The van der Waals surface area contributed by atoms with Crippen molar-refractivity contribution >= 4 is 27.6 Å². The van der Waals surface area contributed by atoms with E-state index in [4.69, 9.17) is 0 Å². The number of amides is 1. The zero-order valence-electron chi connectivity index (χ0n) is 14.4. The van der Waals surface area contributed by atoms with Crippen molar-refractivity contribution in [1.29, 1.82) is 0 Å². The molecule has 1 atom stereocenters. The second-order valence-corrected chi connectivity index (χ2v) is 7.07. The summed E-state index contributed by atoms with van der Waals surface area (Å²) in [7, 11) is -3.09. The number of hydrogen-bond acceptors (Lipinski definition) is 7. The Morgan fingerprint density at radius 3 is 2.54 bits per heavy atom. The average Bonchev–Trinajstić information content (AvgIpc) is 2.62. The van der Waals surface area contributed by atoms with Gasteiger partial charge in [0.2, 0.25) is 15.9 Å². The minimum absolute atomic E-state index is 0.353. The molecule has 1 aromatic carbocycles. The van der Waals surface area contributed by atoms with E-state index in [1.807, 2.05) is 11.6 Å². The van der Waals surface area contributed by atoms with Crippen LogP contribution in [0.3, 0.4) is 0 Å². The van der Waals surface area contributed by atoms with E-state index in [9.17, 15) is 28.1 Å². The number of nitro benzene ring substituents is 1. The van der Waals surface area contributed by atoms with Gasteiger partial charge in [0, 0.05) is 6.07 Å². The lowest BCUT2D eigenvalue weighted by molar-refractivity contribution is -0.387. The Morgan fingerprint density at radius 2 is 1.96 bits per heavy atom. The number of unbranched alkanes of at least 4 members (excludes halogenated alkanes) is 1. The predicted molar refractivity (Wildman–Crippen MR) is 91.8 cm³/mol. The third-order valence-corrected chi connectivity index (χ3v) is 4.89. The van der Waals surface area contributed by atoms with E-state index < -0.39 is 50.0 Å². The van der Waals surface area contributed by atoms with Crippen LogP contribution in [0.2, 0.25) is 0 Å². The molecule has 1 aromatic rings. The molecule has 1 amide bonds. The molecule has 11 heteroatoms. The Balaban J connectivity index is 2.79. The Morgan fingerprint density at radius 1 is 1.31 bits per heavy atom. The smallest absolute Gasteiger partial charge is 0.328 e. The van der Waals surface area contributed by atoms with Crippen molar-refractivity contribution in [3.05, 3.63) is 34.4 Å². The van der Waals surface area contributed by atoms with Crippen molar-refractivity contribution in [2.45, 2.75) is 37.1 Å². The van der Waals surface area contributed by atoms with Crippen LogP contribution in [-0.4, -0.2) is 44.9 Å². The molecule has 0 radical (unpaired) electrons. The van der Waals surface area contributed by atoms with E-state index in [1.54, 1.807) is 0 Å². The molecule has 0 saturated heterocycles. The van der Waals surface area contributed by atoms with Crippen LogP contribution in [-0.2, 0) is 24.3 Å². The number of nitro groups is 1.